The smallest absolute Gasteiger partial charge is 0.207 e. The summed E-state index contributed by atoms with van der Waals surface area (Å²) in [6.45, 7) is 4.27. The number of hydrazone groups is 2. The maximum absolute atomic E-state index is 10.9. The van der Waals surface area contributed by atoms with E-state index < -0.39 is 0 Å². The highest BCUT2D eigenvalue weighted by Crippen LogP contribution is 2.42. The molecule has 2 aromatic rings. The monoisotopic (exact) mass is 504 g/mol. The Bertz CT molecular complexity index is 1170. The summed E-state index contributed by atoms with van der Waals surface area (Å²) in [5.74, 6) is 0.626. The number of hydrogen-bond donors (Lipinski definition) is 4. The van der Waals surface area contributed by atoms with Gasteiger partial charge in [0.2, 0.25) is 5.11 Å². The van der Waals surface area contributed by atoms with Crippen LogP contribution in [0.3, 0.4) is 0 Å². The second kappa shape index (κ2) is 9.61. The van der Waals surface area contributed by atoms with Gasteiger partial charge in [0, 0.05) is 59.8 Å². The molecule has 4 aliphatic rings. The third-order valence-corrected chi connectivity index (χ3v) is 7.97. The van der Waals surface area contributed by atoms with E-state index in [1.807, 2.05) is 12.1 Å². The van der Waals surface area contributed by atoms with E-state index in [1.165, 1.54) is 22.5 Å². The Kier molecular flexibility index (Phi) is 6.17. The van der Waals surface area contributed by atoms with Gasteiger partial charge in [-0.25, -0.2) is 0 Å². The Morgan fingerprint density at radius 2 is 1.14 bits per heavy atom. The molecule has 0 aromatic heterocycles. The number of aromatic hydroxyl groups is 2. The number of phenols is 2. The first-order chi connectivity index (χ1) is 17.6. The molecule has 0 bridgehead atoms. The van der Waals surface area contributed by atoms with Crippen LogP contribution in [0.4, 0.5) is 11.4 Å². The summed E-state index contributed by atoms with van der Waals surface area (Å²) in [4.78, 5) is 4.80. The van der Waals surface area contributed by atoms with Crippen LogP contribution in [0.1, 0.15) is 59.1 Å². The molecule has 0 saturated carbocycles. The molecule has 36 heavy (non-hydrogen) atoms. The summed E-state index contributed by atoms with van der Waals surface area (Å²) < 4.78 is 0. The highest BCUT2D eigenvalue weighted by molar-refractivity contribution is 7.80. The molecule has 0 amide bonds. The normalized spacial score (nSPS) is 18.3. The van der Waals surface area contributed by atoms with E-state index in [-0.39, 0.29) is 5.11 Å². The lowest BCUT2D eigenvalue weighted by atomic mass is 9.89. The van der Waals surface area contributed by atoms with Crippen molar-refractivity contribution in [2.75, 3.05) is 36.0 Å². The van der Waals surface area contributed by atoms with Crippen molar-refractivity contribution in [3.8, 4) is 11.5 Å². The van der Waals surface area contributed by atoms with Crippen LogP contribution in [0.5, 0.6) is 11.5 Å². The van der Waals surface area contributed by atoms with E-state index in [0.29, 0.717) is 22.6 Å². The quantitative estimate of drug-likeness (QED) is 0.288. The molecule has 0 aliphatic carbocycles. The lowest BCUT2D eigenvalue weighted by Gasteiger charge is -2.37. The molecule has 6 rings (SSSR count). The van der Waals surface area contributed by atoms with Crippen LogP contribution in [0.2, 0.25) is 0 Å². The molecule has 4 N–H and O–H groups in total. The van der Waals surface area contributed by atoms with Crippen LogP contribution in [-0.4, -0.2) is 53.9 Å². The zero-order valence-corrected chi connectivity index (χ0v) is 21.2. The minimum atomic E-state index is 0.234. The number of thiocarbonyl (C=S) groups is 1. The Balaban J connectivity index is 1.12. The van der Waals surface area contributed by atoms with Gasteiger partial charge in [0.05, 0.1) is 12.4 Å². The summed E-state index contributed by atoms with van der Waals surface area (Å²) in [5.41, 5.74) is 14.1. The third-order valence-electron chi connectivity index (χ3n) is 7.79. The maximum Gasteiger partial charge on any atom is 0.207 e. The van der Waals surface area contributed by atoms with E-state index in [1.54, 1.807) is 12.4 Å². The molecule has 0 unspecified atom stereocenters. The van der Waals surface area contributed by atoms with Gasteiger partial charge in [-0.3, -0.25) is 10.9 Å². The number of phenolic OH excluding ortho intramolecular Hbond substituents is 2. The molecule has 188 valence electrons. The fourth-order valence-corrected chi connectivity index (χ4v) is 6.38. The molecular formula is C27H32N6O2S. The van der Waals surface area contributed by atoms with Crippen molar-refractivity contribution in [3.63, 3.8) is 0 Å². The van der Waals surface area contributed by atoms with Crippen molar-refractivity contribution in [1.82, 2.24) is 10.9 Å². The van der Waals surface area contributed by atoms with Gasteiger partial charge in [-0.15, -0.1) is 0 Å². The zero-order valence-electron chi connectivity index (χ0n) is 20.4. The SMILES string of the molecule is Oc1c(/C=N/NC(=S)N/N=C/c2cc3c4c(c2O)CCCN4CCC3)cc2c3c1CCCN3CCC2. The number of aryl methyl sites for hydroxylation is 2. The van der Waals surface area contributed by atoms with Crippen molar-refractivity contribution in [1.29, 1.82) is 0 Å². The molecule has 0 atom stereocenters. The van der Waals surface area contributed by atoms with E-state index in [9.17, 15) is 10.2 Å². The average Bonchev–Trinajstić information content (AvgIpc) is 2.89. The summed E-state index contributed by atoms with van der Waals surface area (Å²) >= 11 is 5.30. The van der Waals surface area contributed by atoms with E-state index >= 15 is 0 Å². The number of rotatable bonds is 4. The lowest BCUT2D eigenvalue weighted by molar-refractivity contribution is 0.461. The van der Waals surface area contributed by atoms with Crippen LogP contribution in [0.15, 0.2) is 22.3 Å². The van der Waals surface area contributed by atoms with Crippen LogP contribution in [0, 0.1) is 0 Å². The topological polar surface area (TPSA) is 95.7 Å². The fraction of sp³-hybridized carbons (Fsp3) is 0.444. The molecule has 0 fully saturated rings. The van der Waals surface area contributed by atoms with Gasteiger partial charge < -0.3 is 20.0 Å². The summed E-state index contributed by atoms with van der Waals surface area (Å²) in [6.07, 6.45) is 11.5. The molecule has 4 aliphatic heterocycles. The van der Waals surface area contributed by atoms with Crippen molar-refractivity contribution < 1.29 is 10.2 Å². The minimum Gasteiger partial charge on any atom is -0.507 e. The van der Waals surface area contributed by atoms with Gasteiger partial charge in [-0.2, -0.15) is 10.2 Å². The molecule has 4 heterocycles. The Morgan fingerprint density at radius 3 is 1.58 bits per heavy atom. The number of benzene rings is 2. The Morgan fingerprint density at radius 1 is 0.722 bits per heavy atom. The van der Waals surface area contributed by atoms with Gasteiger partial charge in [-0.05, 0) is 86.8 Å². The average molecular weight is 505 g/mol. The van der Waals surface area contributed by atoms with Crippen LogP contribution >= 0.6 is 12.2 Å². The molecule has 0 radical (unpaired) electrons. The highest BCUT2D eigenvalue weighted by Gasteiger charge is 2.28. The van der Waals surface area contributed by atoms with Crippen molar-refractivity contribution in [2.45, 2.75) is 51.4 Å². The number of nitrogens with zero attached hydrogens (tertiary/aromatic N) is 4. The molecule has 0 spiro atoms. The molecule has 8 nitrogen and oxygen atoms in total. The predicted molar refractivity (Wildman–Crippen MR) is 148 cm³/mol. The van der Waals surface area contributed by atoms with Gasteiger partial charge in [0.1, 0.15) is 11.5 Å². The third kappa shape index (κ3) is 4.15. The summed E-state index contributed by atoms with van der Waals surface area (Å²) in [5, 5.41) is 30.4. The van der Waals surface area contributed by atoms with E-state index in [2.05, 4.69) is 30.9 Å². The van der Waals surface area contributed by atoms with Crippen LogP contribution in [-0.2, 0) is 25.7 Å². The Labute approximate surface area is 216 Å². The molecular weight excluding hydrogens is 472 g/mol. The van der Waals surface area contributed by atoms with Crippen molar-refractivity contribution in [2.24, 2.45) is 10.2 Å². The first-order valence-corrected chi connectivity index (χ1v) is 13.4. The molecule has 0 saturated heterocycles. The lowest BCUT2D eigenvalue weighted by Crippen LogP contribution is -2.34. The predicted octanol–water partition coefficient (Wildman–Crippen LogP) is 3.33. The van der Waals surface area contributed by atoms with E-state index in [0.717, 1.165) is 88.7 Å². The second-order valence-electron chi connectivity index (χ2n) is 10.1. The van der Waals surface area contributed by atoms with Gasteiger partial charge in [0.15, 0.2) is 0 Å². The first kappa shape index (κ1) is 23.1. The second-order valence-corrected chi connectivity index (χ2v) is 10.5. The number of nitrogens with one attached hydrogen (secondary N) is 2. The molecule has 2 aromatic carbocycles. The highest BCUT2D eigenvalue weighted by atomic mass is 32.1. The van der Waals surface area contributed by atoms with Crippen molar-refractivity contribution in [3.05, 3.63) is 45.5 Å². The van der Waals surface area contributed by atoms with Gasteiger partial charge in [-0.1, -0.05) is 0 Å². The summed E-state index contributed by atoms with van der Waals surface area (Å²) in [7, 11) is 0. The zero-order chi connectivity index (χ0) is 24.6. The summed E-state index contributed by atoms with van der Waals surface area (Å²) in [6, 6.07) is 4.08. The largest absolute Gasteiger partial charge is 0.507 e. The first-order valence-electron chi connectivity index (χ1n) is 13.0. The maximum atomic E-state index is 10.9. The van der Waals surface area contributed by atoms with Crippen molar-refractivity contribution >= 4 is 41.1 Å². The Hall–Kier alpha value is -3.33. The van der Waals surface area contributed by atoms with Gasteiger partial charge >= 0.3 is 0 Å². The number of hydrogen-bond acceptors (Lipinski definition) is 7. The van der Waals surface area contributed by atoms with E-state index in [4.69, 9.17) is 12.2 Å². The molecule has 9 heteroatoms. The standard InChI is InChI=1S/C27H32N6O2S/c34-25-19(13-17-5-1-9-32-11-3-7-21(25)23(17)32)15-28-30-27(36)31-29-16-20-14-18-6-2-10-33-12-4-8-22(24(18)33)26(20)35/h13-16,34-35H,1-12H2,(H2,30,31,36)/b28-15+,29-16+. The minimum absolute atomic E-state index is 0.234. The van der Waals surface area contributed by atoms with Gasteiger partial charge in [0.25, 0.3) is 0 Å². The van der Waals surface area contributed by atoms with Crippen LogP contribution < -0.4 is 20.7 Å². The van der Waals surface area contributed by atoms with Crippen LogP contribution in [0.25, 0.3) is 0 Å². The fourth-order valence-electron chi connectivity index (χ4n) is 6.28. The number of anilines is 2.